The number of benzene rings is 1. The van der Waals surface area contributed by atoms with E-state index >= 15 is 0 Å². The van der Waals surface area contributed by atoms with Crippen molar-refractivity contribution in [1.82, 2.24) is 9.55 Å². The van der Waals surface area contributed by atoms with Crippen molar-refractivity contribution in [1.29, 1.82) is 0 Å². The molecule has 0 fully saturated rings. The van der Waals surface area contributed by atoms with Gasteiger partial charge >= 0.3 is 0 Å². The van der Waals surface area contributed by atoms with Crippen molar-refractivity contribution in [2.24, 2.45) is 0 Å². The molecule has 0 spiro atoms. The van der Waals surface area contributed by atoms with Crippen LogP contribution in [0.15, 0.2) is 63.1 Å². The van der Waals surface area contributed by atoms with Crippen LogP contribution in [0.25, 0.3) is 10.2 Å². The SMILES string of the molecule is CCc1cc2c(=O)n(Cc3ccco3)c(SCC(=O)c3ccc(F)cc3)nc2s1. The van der Waals surface area contributed by atoms with E-state index in [1.807, 2.05) is 13.0 Å². The average Bonchev–Trinajstić information content (AvgIpc) is 3.38. The molecule has 4 aromatic rings. The summed E-state index contributed by atoms with van der Waals surface area (Å²) >= 11 is 2.68. The van der Waals surface area contributed by atoms with Gasteiger partial charge in [0.25, 0.3) is 5.56 Å². The van der Waals surface area contributed by atoms with Crippen LogP contribution in [0.2, 0.25) is 0 Å². The van der Waals surface area contributed by atoms with E-state index in [0.29, 0.717) is 26.7 Å². The number of nitrogens with zero attached hydrogens (tertiary/aromatic N) is 2. The maximum atomic E-state index is 13.1. The Morgan fingerprint density at radius 1 is 1.28 bits per heavy atom. The smallest absolute Gasteiger partial charge is 0.263 e. The molecule has 0 radical (unpaired) electrons. The van der Waals surface area contributed by atoms with Gasteiger partial charge in [-0.2, -0.15) is 0 Å². The predicted molar refractivity (Wildman–Crippen MR) is 113 cm³/mol. The molecule has 0 aliphatic carbocycles. The van der Waals surface area contributed by atoms with Crippen molar-refractivity contribution >= 4 is 39.1 Å². The first-order valence-corrected chi connectivity index (χ1v) is 10.8. The number of aryl methyl sites for hydroxylation is 1. The first-order chi connectivity index (χ1) is 14.0. The summed E-state index contributed by atoms with van der Waals surface area (Å²) in [6, 6.07) is 10.9. The molecule has 0 bridgehead atoms. The number of furan rings is 1. The summed E-state index contributed by atoms with van der Waals surface area (Å²) in [6.45, 7) is 2.27. The lowest BCUT2D eigenvalue weighted by Gasteiger charge is -2.10. The summed E-state index contributed by atoms with van der Waals surface area (Å²) in [6.07, 6.45) is 2.38. The zero-order valence-corrected chi connectivity index (χ0v) is 17.2. The normalized spacial score (nSPS) is 11.2. The van der Waals surface area contributed by atoms with Gasteiger partial charge in [-0.1, -0.05) is 18.7 Å². The average molecular weight is 429 g/mol. The molecule has 0 unspecified atom stereocenters. The molecule has 0 aliphatic rings. The van der Waals surface area contributed by atoms with Crippen LogP contribution in [0.4, 0.5) is 4.39 Å². The number of thiophene rings is 1. The highest BCUT2D eigenvalue weighted by atomic mass is 32.2. The fourth-order valence-corrected chi connectivity index (χ4v) is 4.78. The number of halogens is 1. The van der Waals surface area contributed by atoms with Gasteiger partial charge in [-0.15, -0.1) is 11.3 Å². The molecule has 3 heterocycles. The molecule has 148 valence electrons. The number of Topliss-reactive ketones (excluding diaryl/α,β-unsaturated/α-hetero) is 1. The Morgan fingerprint density at radius 3 is 2.76 bits per heavy atom. The van der Waals surface area contributed by atoms with E-state index < -0.39 is 5.82 Å². The second kappa shape index (κ2) is 8.34. The first kappa shape index (κ1) is 19.6. The number of hydrogen-bond donors (Lipinski definition) is 0. The molecule has 8 heteroatoms. The number of aromatic nitrogens is 2. The zero-order chi connectivity index (χ0) is 20.4. The summed E-state index contributed by atoms with van der Waals surface area (Å²) in [5, 5.41) is 1.03. The van der Waals surface area contributed by atoms with E-state index in [4.69, 9.17) is 4.42 Å². The van der Waals surface area contributed by atoms with Crippen molar-refractivity contribution < 1.29 is 13.6 Å². The van der Waals surface area contributed by atoms with Crippen LogP contribution >= 0.6 is 23.1 Å². The number of fused-ring (bicyclic) bond motifs is 1. The Hall–Kier alpha value is -2.71. The molecule has 0 amide bonds. The highest BCUT2D eigenvalue weighted by Gasteiger charge is 2.17. The van der Waals surface area contributed by atoms with E-state index in [9.17, 15) is 14.0 Å². The maximum Gasteiger partial charge on any atom is 0.263 e. The van der Waals surface area contributed by atoms with Gasteiger partial charge < -0.3 is 4.42 Å². The summed E-state index contributed by atoms with van der Waals surface area (Å²) in [5.41, 5.74) is 0.267. The van der Waals surface area contributed by atoms with E-state index in [0.717, 1.165) is 11.3 Å². The van der Waals surface area contributed by atoms with Crippen LogP contribution in [0, 0.1) is 5.82 Å². The molecule has 0 atom stereocenters. The summed E-state index contributed by atoms with van der Waals surface area (Å²) in [7, 11) is 0. The van der Waals surface area contributed by atoms with Crippen molar-refractivity contribution in [3.8, 4) is 0 Å². The van der Waals surface area contributed by atoms with Crippen molar-refractivity contribution in [3.05, 3.63) is 81.1 Å². The van der Waals surface area contributed by atoms with E-state index in [1.165, 1.54) is 51.9 Å². The van der Waals surface area contributed by atoms with Crippen LogP contribution < -0.4 is 5.56 Å². The molecule has 0 saturated heterocycles. The number of carbonyl (C=O) groups excluding carboxylic acids is 1. The van der Waals surface area contributed by atoms with E-state index in [-0.39, 0.29) is 23.6 Å². The zero-order valence-electron chi connectivity index (χ0n) is 15.6. The minimum absolute atomic E-state index is 0.0910. The Morgan fingerprint density at radius 2 is 2.07 bits per heavy atom. The highest BCUT2D eigenvalue weighted by molar-refractivity contribution is 7.99. The molecular weight excluding hydrogens is 411 g/mol. The second-order valence-electron chi connectivity index (χ2n) is 6.37. The fraction of sp³-hybridized carbons (Fsp3) is 0.190. The summed E-state index contributed by atoms with van der Waals surface area (Å²) in [5.74, 6) is 0.173. The Labute approximate surface area is 174 Å². The van der Waals surface area contributed by atoms with Crippen LogP contribution in [-0.2, 0) is 13.0 Å². The number of hydrogen-bond acceptors (Lipinski definition) is 6. The Bertz CT molecular complexity index is 1210. The molecular formula is C21H17FN2O3S2. The summed E-state index contributed by atoms with van der Waals surface area (Å²) in [4.78, 5) is 32.0. The topological polar surface area (TPSA) is 65.1 Å². The summed E-state index contributed by atoms with van der Waals surface area (Å²) < 4.78 is 20.0. The molecule has 4 rings (SSSR count). The van der Waals surface area contributed by atoms with Gasteiger partial charge in [0.2, 0.25) is 0 Å². The number of rotatable bonds is 7. The van der Waals surface area contributed by atoms with Crippen LogP contribution in [0.5, 0.6) is 0 Å². The van der Waals surface area contributed by atoms with Gasteiger partial charge in [-0.3, -0.25) is 14.2 Å². The number of carbonyl (C=O) groups is 1. The third-order valence-corrected chi connectivity index (χ3v) is 6.56. The lowest BCUT2D eigenvalue weighted by atomic mass is 10.1. The fourth-order valence-electron chi connectivity index (χ4n) is 2.88. The molecule has 0 aliphatic heterocycles. The van der Waals surface area contributed by atoms with Crippen LogP contribution in [0.3, 0.4) is 0 Å². The van der Waals surface area contributed by atoms with E-state index in [1.54, 1.807) is 18.4 Å². The second-order valence-corrected chi connectivity index (χ2v) is 8.43. The quantitative estimate of drug-likeness (QED) is 0.241. The Balaban J connectivity index is 1.68. The van der Waals surface area contributed by atoms with Gasteiger partial charge in [-0.05, 0) is 48.9 Å². The van der Waals surface area contributed by atoms with Gasteiger partial charge in [-0.25, -0.2) is 9.37 Å². The molecule has 3 aromatic heterocycles. The first-order valence-electron chi connectivity index (χ1n) is 9.02. The van der Waals surface area contributed by atoms with Crippen molar-refractivity contribution in [2.75, 3.05) is 5.75 Å². The maximum absolute atomic E-state index is 13.1. The van der Waals surface area contributed by atoms with Crippen LogP contribution in [-0.4, -0.2) is 21.1 Å². The van der Waals surface area contributed by atoms with Crippen molar-refractivity contribution in [2.45, 2.75) is 25.0 Å². The molecule has 1 aromatic carbocycles. The third-order valence-electron chi connectivity index (χ3n) is 4.41. The lowest BCUT2D eigenvalue weighted by molar-refractivity contribution is 0.102. The minimum Gasteiger partial charge on any atom is -0.467 e. The molecule has 0 N–H and O–H groups in total. The molecule has 0 saturated carbocycles. The predicted octanol–water partition coefficient (Wildman–Crippen LogP) is 4.78. The lowest BCUT2D eigenvalue weighted by Crippen LogP contribution is -2.23. The molecule has 5 nitrogen and oxygen atoms in total. The van der Waals surface area contributed by atoms with Gasteiger partial charge in [0.05, 0.1) is 23.9 Å². The van der Waals surface area contributed by atoms with Gasteiger partial charge in [0.1, 0.15) is 16.4 Å². The van der Waals surface area contributed by atoms with Gasteiger partial charge in [0.15, 0.2) is 10.9 Å². The molecule has 29 heavy (non-hydrogen) atoms. The number of thioether (sulfide) groups is 1. The third kappa shape index (κ3) is 4.18. The highest BCUT2D eigenvalue weighted by Crippen LogP contribution is 2.26. The van der Waals surface area contributed by atoms with Crippen LogP contribution in [0.1, 0.15) is 27.9 Å². The largest absolute Gasteiger partial charge is 0.467 e. The van der Waals surface area contributed by atoms with E-state index in [2.05, 4.69) is 4.98 Å². The minimum atomic E-state index is -0.391. The monoisotopic (exact) mass is 428 g/mol. The number of ketones is 1. The standard InChI is InChI=1S/C21H17FN2O3S2/c1-2-16-10-17-19(29-16)23-21(24(20(17)26)11-15-4-3-9-27-15)28-12-18(25)13-5-7-14(22)8-6-13/h3-10H,2,11-12H2,1H3. The Kier molecular flexibility index (Phi) is 5.64. The van der Waals surface area contributed by atoms with Crippen molar-refractivity contribution in [3.63, 3.8) is 0 Å². The van der Waals surface area contributed by atoms with Gasteiger partial charge in [0, 0.05) is 10.4 Å².